The Bertz CT molecular complexity index is 778. The average molecular weight is 367 g/mol. The molecule has 2 amide bonds. The minimum atomic E-state index is -0.383. The third kappa shape index (κ3) is 3.29. The summed E-state index contributed by atoms with van der Waals surface area (Å²) < 4.78 is 0. The molecule has 27 heavy (non-hydrogen) atoms. The van der Waals surface area contributed by atoms with Gasteiger partial charge in [0.25, 0.3) is 5.91 Å². The van der Waals surface area contributed by atoms with Crippen LogP contribution in [0, 0.1) is 0 Å². The van der Waals surface area contributed by atoms with E-state index in [0.717, 1.165) is 49.2 Å². The molecule has 0 aromatic heterocycles. The maximum Gasteiger partial charge on any atom is 0.255 e. The monoisotopic (exact) mass is 367 g/mol. The van der Waals surface area contributed by atoms with Crippen molar-refractivity contribution in [2.24, 2.45) is 0 Å². The van der Waals surface area contributed by atoms with E-state index in [0.29, 0.717) is 24.9 Å². The van der Waals surface area contributed by atoms with Gasteiger partial charge in [0.05, 0.1) is 0 Å². The van der Waals surface area contributed by atoms with Crippen molar-refractivity contribution in [3.63, 3.8) is 0 Å². The minimum absolute atomic E-state index is 0.000807. The molecule has 3 aliphatic rings. The minimum Gasteiger partial charge on any atom is -0.329 e. The van der Waals surface area contributed by atoms with Crippen molar-refractivity contribution in [3.8, 4) is 0 Å². The van der Waals surface area contributed by atoms with Crippen LogP contribution in [0.4, 0.5) is 0 Å². The summed E-state index contributed by atoms with van der Waals surface area (Å²) in [4.78, 5) is 29.7. The second-order valence-electron chi connectivity index (χ2n) is 8.36. The maximum atomic E-state index is 13.0. The van der Waals surface area contributed by atoms with Crippen LogP contribution >= 0.6 is 0 Å². The van der Waals surface area contributed by atoms with E-state index in [1.807, 2.05) is 12.1 Å². The fourth-order valence-corrected chi connectivity index (χ4v) is 4.80. The van der Waals surface area contributed by atoms with E-state index in [1.165, 1.54) is 5.56 Å². The molecule has 0 bridgehead atoms. The Kier molecular flexibility index (Phi) is 4.81. The lowest BCUT2D eigenvalue weighted by Gasteiger charge is -2.35. The number of amides is 2. The summed E-state index contributed by atoms with van der Waals surface area (Å²) in [6, 6.07) is 6.32. The van der Waals surface area contributed by atoms with Crippen LogP contribution in [0.25, 0.3) is 0 Å². The summed E-state index contributed by atoms with van der Waals surface area (Å²) >= 11 is 0. The Morgan fingerprint density at radius 1 is 1.15 bits per heavy atom. The molecule has 1 aromatic rings. The van der Waals surface area contributed by atoms with Gasteiger partial charge in [-0.15, -0.1) is 0 Å². The molecule has 3 heterocycles. The number of rotatable bonds is 3. The predicted octanol–water partition coefficient (Wildman–Crippen LogP) is 3.02. The van der Waals surface area contributed by atoms with Gasteiger partial charge < -0.3 is 15.1 Å². The Morgan fingerprint density at radius 3 is 2.56 bits per heavy atom. The number of carbonyl (C=O) groups excluding carboxylic acids is 2. The summed E-state index contributed by atoms with van der Waals surface area (Å²) in [6.45, 7) is 11.1. The maximum absolute atomic E-state index is 13.0. The van der Waals surface area contributed by atoms with Crippen molar-refractivity contribution in [2.45, 2.75) is 64.1 Å². The highest BCUT2D eigenvalue weighted by Gasteiger charge is 2.39. The Hall–Kier alpha value is -2.14. The number of nitrogens with one attached hydrogen (secondary N) is 1. The predicted molar refractivity (Wildman–Crippen MR) is 105 cm³/mol. The summed E-state index contributed by atoms with van der Waals surface area (Å²) in [5.41, 5.74) is 3.99. The van der Waals surface area contributed by atoms with E-state index in [-0.39, 0.29) is 17.9 Å². The highest BCUT2D eigenvalue weighted by Crippen LogP contribution is 2.37. The van der Waals surface area contributed by atoms with Crippen molar-refractivity contribution >= 4 is 11.8 Å². The normalized spacial score (nSPS) is 24.5. The van der Waals surface area contributed by atoms with Crippen LogP contribution in [0.5, 0.6) is 0 Å². The average Bonchev–Trinajstić information content (AvgIpc) is 2.98. The molecule has 144 valence electrons. The second kappa shape index (κ2) is 7.12. The molecular formula is C22H29N3O2. The number of carbonyl (C=O) groups is 2. The number of allylic oxidation sites excluding steroid dienone is 1. The van der Waals surface area contributed by atoms with Crippen LogP contribution in [0.3, 0.4) is 0 Å². The number of benzene rings is 1. The first-order valence-electron chi connectivity index (χ1n) is 10.1. The van der Waals surface area contributed by atoms with E-state index < -0.39 is 0 Å². The van der Waals surface area contributed by atoms with Gasteiger partial charge in [0.15, 0.2) is 0 Å². The molecule has 2 saturated heterocycles. The molecule has 3 aliphatic heterocycles. The number of piperidine rings is 2. The molecule has 0 saturated carbocycles. The first-order chi connectivity index (χ1) is 13.0. The lowest BCUT2D eigenvalue weighted by molar-refractivity contribution is -0.126. The van der Waals surface area contributed by atoms with Crippen molar-refractivity contribution in [1.29, 1.82) is 0 Å². The number of fused-ring (bicyclic) bond motifs is 1. The number of hydrogen-bond acceptors (Lipinski definition) is 3. The SMILES string of the molecule is C=C1CCC(N2Cc3c(cccc3C3CCN(C(C)C)CC3)C2=O)C(=O)N1. The lowest BCUT2D eigenvalue weighted by Crippen LogP contribution is -2.49. The third-order valence-electron chi connectivity index (χ3n) is 6.43. The van der Waals surface area contributed by atoms with E-state index in [9.17, 15) is 9.59 Å². The van der Waals surface area contributed by atoms with Gasteiger partial charge in [0.1, 0.15) is 6.04 Å². The zero-order valence-electron chi connectivity index (χ0n) is 16.3. The van der Waals surface area contributed by atoms with Crippen LogP contribution in [-0.2, 0) is 11.3 Å². The van der Waals surface area contributed by atoms with Crippen LogP contribution in [0.15, 0.2) is 30.5 Å². The zero-order valence-corrected chi connectivity index (χ0v) is 16.3. The number of likely N-dealkylation sites (tertiary alicyclic amines) is 1. The largest absolute Gasteiger partial charge is 0.329 e. The molecule has 5 nitrogen and oxygen atoms in total. The van der Waals surface area contributed by atoms with Crippen molar-refractivity contribution < 1.29 is 9.59 Å². The number of nitrogens with zero attached hydrogens (tertiary/aromatic N) is 2. The summed E-state index contributed by atoms with van der Waals surface area (Å²) in [5, 5.41) is 2.81. The van der Waals surface area contributed by atoms with Gasteiger partial charge in [0, 0.05) is 23.8 Å². The molecule has 0 spiro atoms. The first kappa shape index (κ1) is 18.2. The number of hydrogen-bond donors (Lipinski definition) is 1. The molecule has 0 radical (unpaired) electrons. The topological polar surface area (TPSA) is 52.7 Å². The van der Waals surface area contributed by atoms with Gasteiger partial charge in [-0.25, -0.2) is 0 Å². The van der Waals surface area contributed by atoms with E-state index in [1.54, 1.807) is 4.90 Å². The highest BCUT2D eigenvalue weighted by molar-refractivity contribution is 6.01. The van der Waals surface area contributed by atoms with Crippen LogP contribution in [0.2, 0.25) is 0 Å². The third-order valence-corrected chi connectivity index (χ3v) is 6.43. The van der Waals surface area contributed by atoms with Gasteiger partial charge in [-0.05, 0) is 75.7 Å². The van der Waals surface area contributed by atoms with E-state index in [4.69, 9.17) is 0 Å². The van der Waals surface area contributed by atoms with E-state index >= 15 is 0 Å². The Labute approximate surface area is 161 Å². The van der Waals surface area contributed by atoms with Crippen molar-refractivity contribution in [1.82, 2.24) is 15.1 Å². The Balaban J connectivity index is 1.55. The molecule has 5 heteroatoms. The molecular weight excluding hydrogens is 338 g/mol. The van der Waals surface area contributed by atoms with Crippen molar-refractivity contribution in [2.75, 3.05) is 13.1 Å². The second-order valence-corrected chi connectivity index (χ2v) is 8.36. The molecule has 1 N–H and O–H groups in total. The molecule has 4 rings (SSSR count). The fraction of sp³-hybridized carbons (Fsp3) is 0.545. The Morgan fingerprint density at radius 2 is 1.89 bits per heavy atom. The van der Waals surface area contributed by atoms with Crippen LogP contribution < -0.4 is 5.32 Å². The lowest BCUT2D eigenvalue weighted by atomic mass is 9.85. The van der Waals surface area contributed by atoms with Gasteiger partial charge >= 0.3 is 0 Å². The smallest absolute Gasteiger partial charge is 0.255 e. The molecule has 1 aromatic carbocycles. The quantitative estimate of drug-likeness (QED) is 0.893. The fourth-order valence-electron chi connectivity index (χ4n) is 4.80. The zero-order chi connectivity index (χ0) is 19.1. The van der Waals surface area contributed by atoms with Gasteiger partial charge in [-0.3, -0.25) is 9.59 Å². The van der Waals surface area contributed by atoms with Crippen LogP contribution in [-0.4, -0.2) is 46.8 Å². The molecule has 1 unspecified atom stereocenters. The molecule has 1 atom stereocenters. The van der Waals surface area contributed by atoms with E-state index in [2.05, 4.69) is 36.7 Å². The van der Waals surface area contributed by atoms with Crippen molar-refractivity contribution in [3.05, 3.63) is 47.2 Å². The van der Waals surface area contributed by atoms with Crippen LogP contribution in [0.1, 0.15) is 66.9 Å². The van der Waals surface area contributed by atoms with Gasteiger partial charge in [0.2, 0.25) is 5.91 Å². The summed E-state index contributed by atoms with van der Waals surface area (Å²) in [5.74, 6) is 0.404. The standard InChI is InChI=1S/C22H29N3O2/c1-14(2)24-11-9-16(10-12-24)17-5-4-6-18-19(17)13-25(22(18)27)20-8-7-15(3)23-21(20)26/h4-6,14,16,20H,3,7-13H2,1-2H3,(H,23,26). The first-order valence-corrected chi connectivity index (χ1v) is 10.1. The van der Waals surface area contributed by atoms with Gasteiger partial charge in [-0.1, -0.05) is 18.7 Å². The molecule has 0 aliphatic carbocycles. The summed E-state index contributed by atoms with van der Waals surface area (Å²) in [6.07, 6.45) is 3.66. The van der Waals surface area contributed by atoms with Gasteiger partial charge in [-0.2, -0.15) is 0 Å². The highest BCUT2D eigenvalue weighted by atomic mass is 16.2. The molecule has 2 fully saturated rings. The summed E-state index contributed by atoms with van der Waals surface area (Å²) in [7, 11) is 0.